The van der Waals surface area contributed by atoms with Gasteiger partial charge in [0.1, 0.15) is 6.04 Å². The molecule has 0 aliphatic rings. The average molecular weight is 350 g/mol. The zero-order valence-electron chi connectivity index (χ0n) is 14.4. The molecule has 1 heterocycles. The Morgan fingerprint density at radius 3 is 2.54 bits per heavy atom. The second-order valence-corrected chi connectivity index (χ2v) is 5.74. The molecule has 0 spiro atoms. The number of tetrazole rings is 1. The lowest BCUT2D eigenvalue weighted by Gasteiger charge is -2.14. The molecule has 3 rings (SSSR count). The van der Waals surface area contributed by atoms with Crippen LogP contribution >= 0.6 is 0 Å². The number of carbonyl (C=O) groups is 2. The van der Waals surface area contributed by atoms with Gasteiger partial charge in [0.25, 0.3) is 5.91 Å². The first kappa shape index (κ1) is 17.3. The Morgan fingerprint density at radius 1 is 1.08 bits per heavy atom. The van der Waals surface area contributed by atoms with E-state index < -0.39 is 6.04 Å². The topological polar surface area (TPSA) is 102 Å². The van der Waals surface area contributed by atoms with Crippen molar-refractivity contribution in [2.45, 2.75) is 19.9 Å². The van der Waals surface area contributed by atoms with Crippen LogP contribution in [-0.2, 0) is 4.79 Å². The van der Waals surface area contributed by atoms with E-state index >= 15 is 0 Å². The summed E-state index contributed by atoms with van der Waals surface area (Å²) in [5.74, 6) is 0.0168. The molecule has 0 saturated heterocycles. The Morgan fingerprint density at radius 2 is 1.85 bits per heavy atom. The highest BCUT2D eigenvalue weighted by molar-refractivity contribution is 6.01. The molecule has 0 radical (unpaired) electrons. The van der Waals surface area contributed by atoms with Gasteiger partial charge in [-0.05, 0) is 54.6 Å². The quantitative estimate of drug-likeness (QED) is 0.730. The zero-order chi connectivity index (χ0) is 18.5. The maximum absolute atomic E-state index is 12.4. The predicted octanol–water partition coefficient (Wildman–Crippen LogP) is 1.73. The highest BCUT2D eigenvalue weighted by atomic mass is 16.2. The predicted molar refractivity (Wildman–Crippen MR) is 95.9 cm³/mol. The first-order valence-corrected chi connectivity index (χ1v) is 8.07. The summed E-state index contributed by atoms with van der Waals surface area (Å²) in [6, 6.07) is 15.2. The summed E-state index contributed by atoms with van der Waals surface area (Å²) in [6.45, 7) is 3.41. The van der Waals surface area contributed by atoms with Crippen molar-refractivity contribution in [3.63, 3.8) is 0 Å². The monoisotopic (exact) mass is 350 g/mol. The highest BCUT2D eigenvalue weighted by Crippen LogP contribution is 2.15. The molecular formula is C18H18N6O2. The van der Waals surface area contributed by atoms with E-state index in [1.165, 1.54) is 0 Å². The average Bonchev–Trinajstić information content (AvgIpc) is 3.08. The second kappa shape index (κ2) is 7.56. The van der Waals surface area contributed by atoms with Crippen LogP contribution in [-0.4, -0.2) is 38.1 Å². The zero-order valence-corrected chi connectivity index (χ0v) is 14.4. The van der Waals surface area contributed by atoms with E-state index in [0.29, 0.717) is 17.1 Å². The van der Waals surface area contributed by atoms with Gasteiger partial charge in [-0.1, -0.05) is 24.3 Å². The summed E-state index contributed by atoms with van der Waals surface area (Å²) in [6.07, 6.45) is 0. The van der Waals surface area contributed by atoms with Gasteiger partial charge in [0.05, 0.1) is 5.69 Å². The number of nitrogens with zero attached hydrogens (tertiary/aromatic N) is 4. The molecule has 0 saturated carbocycles. The van der Waals surface area contributed by atoms with Gasteiger partial charge in [-0.3, -0.25) is 9.59 Å². The second-order valence-electron chi connectivity index (χ2n) is 5.74. The lowest BCUT2D eigenvalue weighted by Crippen LogP contribution is -2.41. The Bertz CT molecular complexity index is 922. The third-order valence-electron chi connectivity index (χ3n) is 3.76. The van der Waals surface area contributed by atoms with Gasteiger partial charge in [-0.25, -0.2) is 0 Å². The number of amides is 2. The van der Waals surface area contributed by atoms with Gasteiger partial charge in [0.2, 0.25) is 5.91 Å². The van der Waals surface area contributed by atoms with Crippen molar-refractivity contribution >= 4 is 17.5 Å². The molecule has 3 aromatic rings. The van der Waals surface area contributed by atoms with Crippen molar-refractivity contribution in [2.24, 2.45) is 0 Å². The number of nitrogens with one attached hydrogen (secondary N) is 2. The molecule has 26 heavy (non-hydrogen) atoms. The maximum Gasteiger partial charge on any atom is 0.251 e. The molecule has 0 fully saturated rings. The Balaban J connectivity index is 1.66. The Labute approximate surface area is 150 Å². The van der Waals surface area contributed by atoms with Crippen LogP contribution in [0.2, 0.25) is 0 Å². The van der Waals surface area contributed by atoms with E-state index in [1.807, 2.05) is 12.1 Å². The van der Waals surface area contributed by atoms with E-state index in [-0.39, 0.29) is 11.8 Å². The number of aryl methyl sites for hydroxylation is 1. The largest absolute Gasteiger partial charge is 0.341 e. The minimum atomic E-state index is -0.693. The number of anilines is 1. The van der Waals surface area contributed by atoms with Crippen molar-refractivity contribution in [3.05, 3.63) is 66.0 Å². The van der Waals surface area contributed by atoms with E-state index in [1.54, 1.807) is 61.0 Å². The third-order valence-corrected chi connectivity index (χ3v) is 3.76. The number of aromatic nitrogens is 4. The van der Waals surface area contributed by atoms with Gasteiger partial charge in [0.15, 0.2) is 5.82 Å². The first-order valence-electron chi connectivity index (χ1n) is 8.07. The van der Waals surface area contributed by atoms with Crippen LogP contribution in [0.1, 0.15) is 23.1 Å². The summed E-state index contributed by atoms with van der Waals surface area (Å²) in [5.41, 5.74) is 1.82. The molecule has 0 bridgehead atoms. The van der Waals surface area contributed by atoms with Crippen LogP contribution in [0, 0.1) is 6.92 Å². The summed E-state index contributed by atoms with van der Waals surface area (Å²) in [5, 5.41) is 16.8. The third kappa shape index (κ3) is 3.92. The highest BCUT2D eigenvalue weighted by Gasteiger charge is 2.17. The van der Waals surface area contributed by atoms with Gasteiger partial charge in [-0.2, -0.15) is 4.68 Å². The van der Waals surface area contributed by atoms with E-state index in [9.17, 15) is 9.59 Å². The fourth-order valence-electron chi connectivity index (χ4n) is 2.37. The number of benzene rings is 2. The van der Waals surface area contributed by atoms with Gasteiger partial charge in [0, 0.05) is 11.3 Å². The van der Waals surface area contributed by atoms with Crippen molar-refractivity contribution < 1.29 is 9.59 Å². The van der Waals surface area contributed by atoms with Crippen LogP contribution < -0.4 is 10.6 Å². The molecule has 8 nitrogen and oxygen atoms in total. The Kier molecular flexibility index (Phi) is 5.02. The maximum atomic E-state index is 12.4. The molecule has 1 atom stereocenters. The summed E-state index contributed by atoms with van der Waals surface area (Å²) < 4.78 is 1.57. The van der Waals surface area contributed by atoms with Gasteiger partial charge in [-0.15, -0.1) is 5.10 Å². The summed E-state index contributed by atoms with van der Waals surface area (Å²) >= 11 is 0. The van der Waals surface area contributed by atoms with Crippen molar-refractivity contribution in [1.29, 1.82) is 0 Å². The molecule has 0 aliphatic heterocycles. The van der Waals surface area contributed by atoms with Gasteiger partial charge >= 0.3 is 0 Å². The fraction of sp³-hybridized carbons (Fsp3) is 0.167. The van der Waals surface area contributed by atoms with Crippen LogP contribution in [0.25, 0.3) is 5.69 Å². The molecule has 0 aliphatic carbocycles. The summed E-state index contributed by atoms with van der Waals surface area (Å²) in [7, 11) is 0. The molecule has 1 aromatic heterocycles. The molecule has 2 amide bonds. The number of rotatable bonds is 5. The van der Waals surface area contributed by atoms with Crippen LogP contribution in [0.5, 0.6) is 0 Å². The standard InChI is InChI=1S/C18H18N6O2/c1-12(19-18(26)14-7-4-3-5-8-14)17(25)20-15-9-6-10-16(11-15)24-13(2)21-22-23-24/h3-12H,1-2H3,(H,19,26)(H,20,25). The SMILES string of the molecule is Cc1nnnn1-c1cccc(NC(=O)C(C)NC(=O)c2ccccc2)c1. The van der Waals surface area contributed by atoms with E-state index in [0.717, 1.165) is 5.69 Å². The van der Waals surface area contributed by atoms with Crippen LogP contribution in [0.15, 0.2) is 54.6 Å². The minimum absolute atomic E-state index is 0.300. The van der Waals surface area contributed by atoms with Crippen molar-refractivity contribution in [1.82, 2.24) is 25.5 Å². The first-order chi connectivity index (χ1) is 12.5. The van der Waals surface area contributed by atoms with Crippen LogP contribution in [0.4, 0.5) is 5.69 Å². The van der Waals surface area contributed by atoms with Crippen molar-refractivity contribution in [2.75, 3.05) is 5.32 Å². The Hall–Kier alpha value is -3.55. The van der Waals surface area contributed by atoms with Gasteiger partial charge < -0.3 is 10.6 Å². The number of carbonyl (C=O) groups excluding carboxylic acids is 2. The lowest BCUT2D eigenvalue weighted by atomic mass is 10.2. The van der Waals surface area contributed by atoms with Crippen LogP contribution in [0.3, 0.4) is 0 Å². The minimum Gasteiger partial charge on any atom is -0.341 e. The molecule has 2 aromatic carbocycles. The van der Waals surface area contributed by atoms with E-state index in [2.05, 4.69) is 26.2 Å². The number of hydrogen-bond donors (Lipinski definition) is 2. The van der Waals surface area contributed by atoms with E-state index in [4.69, 9.17) is 0 Å². The molecule has 8 heteroatoms. The smallest absolute Gasteiger partial charge is 0.251 e. The summed E-state index contributed by atoms with van der Waals surface area (Å²) in [4.78, 5) is 24.5. The van der Waals surface area contributed by atoms with Crippen molar-refractivity contribution in [3.8, 4) is 5.69 Å². The molecule has 132 valence electrons. The normalized spacial score (nSPS) is 11.6. The molecule has 2 N–H and O–H groups in total. The molecular weight excluding hydrogens is 332 g/mol. The molecule has 1 unspecified atom stereocenters. The fourth-order valence-corrected chi connectivity index (χ4v) is 2.37. The lowest BCUT2D eigenvalue weighted by molar-refractivity contribution is -0.117. The number of hydrogen-bond acceptors (Lipinski definition) is 5.